The highest BCUT2D eigenvalue weighted by atomic mass is 28.3. The Bertz CT molecular complexity index is 950. The molecule has 0 aromatic heterocycles. The van der Waals surface area contributed by atoms with Crippen molar-refractivity contribution in [2.45, 2.75) is 79.1 Å². The van der Waals surface area contributed by atoms with Crippen LogP contribution in [-0.4, -0.2) is 31.2 Å². The second-order valence-electron chi connectivity index (χ2n) is 9.63. The first-order valence-corrected chi connectivity index (χ1v) is 13.9. The van der Waals surface area contributed by atoms with Gasteiger partial charge in [0.1, 0.15) is 0 Å². The van der Waals surface area contributed by atoms with Crippen molar-refractivity contribution >= 4 is 36.0 Å². The van der Waals surface area contributed by atoms with Gasteiger partial charge in [0.25, 0.3) is 0 Å². The Morgan fingerprint density at radius 1 is 0.931 bits per heavy atom. The maximum absolute atomic E-state index is 13.3. The molecule has 2 aromatic carbocycles. The maximum Gasteiger partial charge on any atom is 0.338 e. The maximum atomic E-state index is 13.3. The molecule has 4 nitrogen and oxygen atoms in total. The lowest BCUT2D eigenvalue weighted by Gasteiger charge is -2.30. The minimum Gasteiger partial charge on any atom is -0.478 e. The fraction of sp³-hybridized carbons (Fsp3) is 0.500. The molecule has 158 valence electrons. The summed E-state index contributed by atoms with van der Waals surface area (Å²) < 4.78 is 5.65. The Morgan fingerprint density at radius 2 is 1.52 bits per heavy atom. The predicted octanol–water partition coefficient (Wildman–Crippen LogP) is 5.90. The Hall–Kier alpha value is -2.14. The van der Waals surface area contributed by atoms with E-state index in [1.807, 2.05) is 59.7 Å². The van der Waals surface area contributed by atoms with Gasteiger partial charge in [-0.3, -0.25) is 0 Å². The summed E-state index contributed by atoms with van der Waals surface area (Å²) in [6, 6.07) is 5.76. The quantitative estimate of drug-likeness (QED) is 0.472. The van der Waals surface area contributed by atoms with Gasteiger partial charge >= 0.3 is 11.9 Å². The number of hydrogen-bond donors (Lipinski definition) is 1. The monoisotopic (exact) mass is 414 g/mol. The van der Waals surface area contributed by atoms with Crippen molar-refractivity contribution in [1.29, 1.82) is 0 Å². The lowest BCUT2D eigenvalue weighted by atomic mass is 9.84. The Morgan fingerprint density at radius 3 is 1.93 bits per heavy atom. The number of fused-ring (bicyclic) bond motifs is 1. The molecule has 29 heavy (non-hydrogen) atoms. The number of benzene rings is 2. The molecule has 0 aliphatic heterocycles. The van der Waals surface area contributed by atoms with Crippen molar-refractivity contribution in [3.8, 4) is 0 Å². The molecule has 0 heterocycles. The first-order chi connectivity index (χ1) is 13.3. The van der Waals surface area contributed by atoms with Crippen molar-refractivity contribution in [2.24, 2.45) is 0 Å². The highest BCUT2D eigenvalue weighted by Gasteiger charge is 2.35. The number of carbonyl (C=O) groups is 2. The second kappa shape index (κ2) is 8.31. The number of hydrogen-bond acceptors (Lipinski definition) is 3. The number of carbonyl (C=O) groups excluding carboxylic acids is 1. The largest absolute Gasteiger partial charge is 0.478 e. The van der Waals surface area contributed by atoms with Crippen LogP contribution in [0.2, 0.25) is 19.6 Å². The molecule has 0 spiro atoms. The SMILES string of the molecule is CC(C)OC(=O)c1c([Si](C)(C)C)c(C(C)C)c(C(=O)O)c2c(C(C)C)cccc12. The normalized spacial score (nSPS) is 12.3. The van der Waals surface area contributed by atoms with Crippen LogP contribution >= 0.6 is 0 Å². The molecule has 0 atom stereocenters. The number of ether oxygens (including phenoxy) is 1. The Labute approximate surface area is 175 Å². The van der Waals surface area contributed by atoms with Crippen LogP contribution in [0, 0.1) is 0 Å². The van der Waals surface area contributed by atoms with Crippen LogP contribution in [0.15, 0.2) is 18.2 Å². The van der Waals surface area contributed by atoms with Crippen LogP contribution < -0.4 is 5.19 Å². The number of carboxylic acids is 1. The van der Waals surface area contributed by atoms with Crippen molar-refractivity contribution in [3.63, 3.8) is 0 Å². The fourth-order valence-electron chi connectivity index (χ4n) is 4.13. The minimum absolute atomic E-state index is 0.0296. The Balaban J connectivity index is 3.26. The van der Waals surface area contributed by atoms with Gasteiger partial charge in [-0.25, -0.2) is 9.59 Å². The fourth-order valence-corrected chi connectivity index (χ4v) is 6.34. The van der Waals surface area contributed by atoms with Crippen molar-refractivity contribution in [2.75, 3.05) is 0 Å². The average Bonchev–Trinajstić information content (AvgIpc) is 2.56. The highest BCUT2D eigenvalue weighted by molar-refractivity contribution is 6.90. The van der Waals surface area contributed by atoms with Crippen LogP contribution in [0.4, 0.5) is 0 Å². The summed E-state index contributed by atoms with van der Waals surface area (Å²) >= 11 is 0. The van der Waals surface area contributed by atoms with Crippen molar-refractivity contribution < 1.29 is 19.4 Å². The molecule has 0 radical (unpaired) electrons. The molecule has 0 bridgehead atoms. The van der Waals surface area contributed by atoms with Gasteiger partial charge in [0.05, 0.1) is 25.3 Å². The lowest BCUT2D eigenvalue weighted by Crippen LogP contribution is -2.46. The van der Waals surface area contributed by atoms with Gasteiger partial charge in [-0.05, 0) is 47.4 Å². The van der Waals surface area contributed by atoms with E-state index < -0.39 is 14.0 Å². The highest BCUT2D eigenvalue weighted by Crippen LogP contribution is 2.36. The molecule has 1 N–H and O–H groups in total. The van der Waals surface area contributed by atoms with Crippen LogP contribution in [0.5, 0.6) is 0 Å². The minimum atomic E-state index is -2.10. The van der Waals surface area contributed by atoms with E-state index in [9.17, 15) is 14.7 Å². The van der Waals surface area contributed by atoms with E-state index in [4.69, 9.17) is 4.74 Å². The third-order valence-corrected chi connectivity index (χ3v) is 7.13. The van der Waals surface area contributed by atoms with Gasteiger partial charge in [0, 0.05) is 5.39 Å². The van der Waals surface area contributed by atoms with Gasteiger partial charge < -0.3 is 9.84 Å². The van der Waals surface area contributed by atoms with Gasteiger partial charge in [0.15, 0.2) is 0 Å². The lowest BCUT2D eigenvalue weighted by molar-refractivity contribution is 0.0381. The van der Waals surface area contributed by atoms with Gasteiger partial charge in [-0.1, -0.05) is 65.5 Å². The Kier molecular flexibility index (Phi) is 6.63. The molecule has 0 unspecified atom stereocenters. The van der Waals surface area contributed by atoms with E-state index in [1.165, 1.54) is 0 Å². The standard InChI is InChI=1S/C24H34O4Si/c1-13(2)16-11-10-12-17-19(16)21(23(25)26)18(14(3)4)22(29(7,8)9)20(17)24(27)28-15(5)6/h10-15H,1-9H3,(H,25,26). The third kappa shape index (κ3) is 4.40. The van der Waals surface area contributed by atoms with E-state index in [0.717, 1.165) is 16.3 Å². The summed E-state index contributed by atoms with van der Waals surface area (Å²) in [7, 11) is -2.10. The molecule has 5 heteroatoms. The number of esters is 1. The zero-order chi connectivity index (χ0) is 22.3. The van der Waals surface area contributed by atoms with Gasteiger partial charge in [-0.2, -0.15) is 0 Å². The third-order valence-electron chi connectivity index (χ3n) is 5.11. The summed E-state index contributed by atoms with van der Waals surface area (Å²) in [5.74, 6) is -1.20. The molecule has 0 fully saturated rings. The number of aromatic carboxylic acids is 1. The predicted molar refractivity (Wildman–Crippen MR) is 123 cm³/mol. The van der Waals surface area contributed by atoms with Crippen molar-refractivity contribution in [1.82, 2.24) is 0 Å². The first-order valence-electron chi connectivity index (χ1n) is 10.4. The molecule has 0 saturated carbocycles. The van der Waals surface area contributed by atoms with Crippen LogP contribution in [0.3, 0.4) is 0 Å². The van der Waals surface area contributed by atoms with Crippen LogP contribution in [-0.2, 0) is 4.74 Å². The van der Waals surface area contributed by atoms with E-state index >= 15 is 0 Å². The van der Waals surface area contributed by atoms with E-state index in [-0.39, 0.29) is 23.9 Å². The summed E-state index contributed by atoms with van der Waals surface area (Å²) in [5.41, 5.74) is 2.64. The van der Waals surface area contributed by atoms with E-state index in [1.54, 1.807) is 0 Å². The molecular weight excluding hydrogens is 380 g/mol. The van der Waals surface area contributed by atoms with Crippen LogP contribution in [0.25, 0.3) is 10.8 Å². The molecule has 0 aliphatic rings. The number of rotatable bonds is 6. The first kappa shape index (κ1) is 23.1. The van der Waals surface area contributed by atoms with Crippen molar-refractivity contribution in [3.05, 3.63) is 40.5 Å². The van der Waals surface area contributed by atoms with Gasteiger partial charge in [-0.15, -0.1) is 0 Å². The molecule has 0 amide bonds. The summed E-state index contributed by atoms with van der Waals surface area (Å²) in [5, 5.41) is 12.6. The molecular formula is C24H34O4Si. The number of carboxylic acid groups (broad SMARTS) is 1. The molecule has 0 saturated heterocycles. The van der Waals surface area contributed by atoms with Gasteiger partial charge in [0.2, 0.25) is 0 Å². The molecule has 2 aromatic rings. The van der Waals surface area contributed by atoms with Crippen LogP contribution in [0.1, 0.15) is 85.2 Å². The topological polar surface area (TPSA) is 63.6 Å². The second-order valence-corrected chi connectivity index (χ2v) is 14.6. The zero-order valence-electron chi connectivity index (χ0n) is 19.1. The summed E-state index contributed by atoms with van der Waals surface area (Å²) in [6.45, 7) is 18.3. The molecule has 2 rings (SSSR count). The molecule has 0 aliphatic carbocycles. The summed E-state index contributed by atoms with van der Waals surface area (Å²) in [4.78, 5) is 25.9. The van der Waals surface area contributed by atoms with E-state index in [2.05, 4.69) is 19.6 Å². The summed E-state index contributed by atoms with van der Waals surface area (Å²) in [6.07, 6.45) is -0.248. The zero-order valence-corrected chi connectivity index (χ0v) is 20.1. The smallest absolute Gasteiger partial charge is 0.338 e. The average molecular weight is 415 g/mol. The van der Waals surface area contributed by atoms with E-state index in [0.29, 0.717) is 21.9 Å².